The second-order valence-corrected chi connectivity index (χ2v) is 5.03. The summed E-state index contributed by atoms with van der Waals surface area (Å²) in [5.41, 5.74) is -0.539. The number of hydrogen-bond donors (Lipinski definition) is 0. The molecule has 0 spiro atoms. The molecule has 0 aliphatic carbocycles. The van der Waals surface area contributed by atoms with E-state index in [9.17, 15) is 20.2 Å². The van der Waals surface area contributed by atoms with Crippen LogP contribution in [0.1, 0.15) is 6.92 Å². The second-order valence-electron chi connectivity index (χ2n) is 3.55. The molecule has 0 radical (unpaired) electrons. The fourth-order valence-corrected chi connectivity index (χ4v) is 2.39. The summed E-state index contributed by atoms with van der Waals surface area (Å²) < 4.78 is 4.94. The Labute approximate surface area is 107 Å². The average molecular weight is 272 g/mol. The number of ether oxygens (including phenoxy) is 1. The third-order valence-corrected chi connectivity index (χ3v) is 3.22. The lowest BCUT2D eigenvalue weighted by Gasteiger charge is -2.09. The van der Waals surface area contributed by atoms with E-state index in [0.29, 0.717) is 11.5 Å². The van der Waals surface area contributed by atoms with Gasteiger partial charge in [-0.1, -0.05) is 6.92 Å². The third-order valence-electron chi connectivity index (χ3n) is 2.08. The molecule has 1 aromatic rings. The van der Waals surface area contributed by atoms with Crippen molar-refractivity contribution >= 4 is 23.1 Å². The van der Waals surface area contributed by atoms with E-state index in [0.717, 1.165) is 6.07 Å². The van der Waals surface area contributed by atoms with Crippen molar-refractivity contribution in [3.05, 3.63) is 38.4 Å². The highest BCUT2D eigenvalue weighted by atomic mass is 32.2. The Morgan fingerprint density at radius 1 is 1.33 bits per heavy atom. The molecule has 0 fully saturated rings. The van der Waals surface area contributed by atoms with Gasteiger partial charge in [0, 0.05) is 18.4 Å². The zero-order valence-electron chi connectivity index (χ0n) is 9.86. The van der Waals surface area contributed by atoms with Gasteiger partial charge in [-0.25, -0.2) is 0 Å². The lowest BCUT2D eigenvalue weighted by atomic mass is 10.3. The molecule has 18 heavy (non-hydrogen) atoms. The standard InChI is InChI=1S/C10H12N2O5S/c1-7(6-17-2)18-10-4-3-8(11(13)14)5-9(10)12(15)16/h3-5,7H,6H2,1-2H3. The maximum Gasteiger partial charge on any atom is 0.289 e. The third kappa shape index (κ3) is 3.67. The van der Waals surface area contributed by atoms with Crippen LogP contribution in [0.15, 0.2) is 23.1 Å². The summed E-state index contributed by atoms with van der Waals surface area (Å²) in [4.78, 5) is 20.6. The van der Waals surface area contributed by atoms with E-state index in [1.807, 2.05) is 6.92 Å². The molecule has 7 nitrogen and oxygen atoms in total. The maximum atomic E-state index is 10.9. The molecule has 1 rings (SSSR count). The van der Waals surface area contributed by atoms with Gasteiger partial charge in [0.05, 0.1) is 27.4 Å². The number of rotatable bonds is 6. The normalized spacial score (nSPS) is 12.1. The van der Waals surface area contributed by atoms with E-state index in [-0.39, 0.29) is 16.6 Å². The summed E-state index contributed by atoms with van der Waals surface area (Å²) in [7, 11) is 1.54. The molecule has 0 heterocycles. The molecular weight excluding hydrogens is 260 g/mol. The predicted molar refractivity (Wildman–Crippen MR) is 66.9 cm³/mol. The number of benzene rings is 1. The van der Waals surface area contributed by atoms with Crippen LogP contribution < -0.4 is 0 Å². The van der Waals surface area contributed by atoms with Crippen LogP contribution in [-0.4, -0.2) is 28.8 Å². The first-order valence-corrected chi connectivity index (χ1v) is 5.92. The Hall–Kier alpha value is -1.67. The number of hydrogen-bond acceptors (Lipinski definition) is 6. The quantitative estimate of drug-likeness (QED) is 0.448. The molecule has 0 saturated heterocycles. The first-order valence-electron chi connectivity index (χ1n) is 5.04. The molecule has 1 unspecified atom stereocenters. The lowest BCUT2D eigenvalue weighted by molar-refractivity contribution is -0.396. The summed E-state index contributed by atoms with van der Waals surface area (Å²) in [5, 5.41) is 21.5. The Kier molecular flexibility index (Phi) is 5.05. The zero-order valence-corrected chi connectivity index (χ0v) is 10.7. The fourth-order valence-electron chi connectivity index (χ4n) is 1.35. The second kappa shape index (κ2) is 6.31. The molecule has 0 saturated carbocycles. The van der Waals surface area contributed by atoms with Crippen LogP contribution in [0.25, 0.3) is 0 Å². The summed E-state index contributed by atoms with van der Waals surface area (Å²) in [6, 6.07) is 3.63. The van der Waals surface area contributed by atoms with Crippen molar-refractivity contribution in [2.45, 2.75) is 17.1 Å². The van der Waals surface area contributed by atoms with Gasteiger partial charge in [0.25, 0.3) is 11.4 Å². The number of nitro benzene ring substituents is 2. The number of non-ortho nitro benzene ring substituents is 1. The summed E-state index contributed by atoms with van der Waals surface area (Å²) in [6.07, 6.45) is 0. The van der Waals surface area contributed by atoms with Gasteiger partial charge in [0.15, 0.2) is 0 Å². The van der Waals surface area contributed by atoms with Gasteiger partial charge in [0.1, 0.15) is 0 Å². The predicted octanol–water partition coefficient (Wildman–Crippen LogP) is 2.63. The van der Waals surface area contributed by atoms with Gasteiger partial charge in [-0.2, -0.15) is 0 Å². The number of methoxy groups -OCH3 is 1. The Balaban J connectivity index is 3.04. The maximum absolute atomic E-state index is 10.9. The summed E-state index contributed by atoms with van der Waals surface area (Å²) in [6.45, 7) is 2.30. The van der Waals surface area contributed by atoms with Crippen LogP contribution >= 0.6 is 11.8 Å². The number of nitro groups is 2. The van der Waals surface area contributed by atoms with E-state index in [1.54, 1.807) is 7.11 Å². The highest BCUT2D eigenvalue weighted by Crippen LogP contribution is 2.34. The highest BCUT2D eigenvalue weighted by molar-refractivity contribution is 8.00. The van der Waals surface area contributed by atoms with Gasteiger partial charge in [-0.3, -0.25) is 20.2 Å². The first kappa shape index (κ1) is 14.4. The summed E-state index contributed by atoms with van der Waals surface area (Å²) >= 11 is 1.25. The van der Waals surface area contributed by atoms with Crippen molar-refractivity contribution < 1.29 is 14.6 Å². The molecule has 0 N–H and O–H groups in total. The van der Waals surface area contributed by atoms with E-state index in [1.165, 1.54) is 23.9 Å². The van der Waals surface area contributed by atoms with E-state index < -0.39 is 9.85 Å². The lowest BCUT2D eigenvalue weighted by Crippen LogP contribution is -2.05. The Morgan fingerprint density at radius 2 is 2.00 bits per heavy atom. The minimum Gasteiger partial charge on any atom is -0.384 e. The van der Waals surface area contributed by atoms with Crippen LogP contribution in [0.3, 0.4) is 0 Å². The Morgan fingerprint density at radius 3 is 2.50 bits per heavy atom. The van der Waals surface area contributed by atoms with Gasteiger partial charge in [-0.05, 0) is 6.07 Å². The van der Waals surface area contributed by atoms with Crippen molar-refractivity contribution in [2.24, 2.45) is 0 Å². The van der Waals surface area contributed by atoms with Crippen molar-refractivity contribution in [1.29, 1.82) is 0 Å². The zero-order chi connectivity index (χ0) is 13.7. The number of nitrogens with zero attached hydrogens (tertiary/aromatic N) is 2. The smallest absolute Gasteiger partial charge is 0.289 e. The molecule has 0 aromatic heterocycles. The van der Waals surface area contributed by atoms with E-state index >= 15 is 0 Å². The molecule has 0 aliphatic heterocycles. The van der Waals surface area contributed by atoms with Crippen molar-refractivity contribution in [2.75, 3.05) is 13.7 Å². The van der Waals surface area contributed by atoms with Crippen LogP contribution in [0.4, 0.5) is 11.4 Å². The monoisotopic (exact) mass is 272 g/mol. The van der Waals surface area contributed by atoms with Crippen LogP contribution in [-0.2, 0) is 4.74 Å². The molecule has 0 amide bonds. The topological polar surface area (TPSA) is 95.5 Å². The first-order chi connectivity index (χ1) is 8.45. The summed E-state index contributed by atoms with van der Waals surface area (Å²) in [5.74, 6) is 0. The molecular formula is C10H12N2O5S. The molecule has 8 heteroatoms. The van der Waals surface area contributed by atoms with Crippen molar-refractivity contribution in [1.82, 2.24) is 0 Å². The van der Waals surface area contributed by atoms with Crippen LogP contribution in [0, 0.1) is 20.2 Å². The molecule has 1 atom stereocenters. The average Bonchev–Trinajstić information content (AvgIpc) is 2.29. The van der Waals surface area contributed by atoms with Crippen molar-refractivity contribution in [3.63, 3.8) is 0 Å². The highest BCUT2D eigenvalue weighted by Gasteiger charge is 2.21. The molecule has 1 aromatic carbocycles. The van der Waals surface area contributed by atoms with Crippen LogP contribution in [0.5, 0.6) is 0 Å². The van der Waals surface area contributed by atoms with Gasteiger partial charge in [0.2, 0.25) is 0 Å². The van der Waals surface area contributed by atoms with Crippen molar-refractivity contribution in [3.8, 4) is 0 Å². The fraction of sp³-hybridized carbons (Fsp3) is 0.400. The van der Waals surface area contributed by atoms with E-state index in [4.69, 9.17) is 4.74 Å². The molecule has 98 valence electrons. The minimum atomic E-state index is -0.653. The Bertz CT molecular complexity index is 466. The minimum absolute atomic E-state index is 0.0233. The molecule has 0 aliphatic rings. The SMILES string of the molecule is COCC(C)Sc1ccc([N+](=O)[O-])cc1[N+](=O)[O-]. The number of thioether (sulfide) groups is 1. The van der Waals surface area contributed by atoms with Gasteiger partial charge in [-0.15, -0.1) is 11.8 Å². The largest absolute Gasteiger partial charge is 0.384 e. The van der Waals surface area contributed by atoms with E-state index in [2.05, 4.69) is 0 Å². The van der Waals surface area contributed by atoms with Crippen LogP contribution in [0.2, 0.25) is 0 Å². The van der Waals surface area contributed by atoms with Gasteiger partial charge < -0.3 is 4.74 Å². The van der Waals surface area contributed by atoms with Gasteiger partial charge >= 0.3 is 0 Å². The molecule has 0 bridgehead atoms.